The summed E-state index contributed by atoms with van der Waals surface area (Å²) in [5.74, 6) is -0.902. The van der Waals surface area contributed by atoms with Crippen LogP contribution in [0.2, 0.25) is 0 Å². The topological polar surface area (TPSA) is 78.9 Å². The summed E-state index contributed by atoms with van der Waals surface area (Å²) in [5.41, 5.74) is 0. The minimum atomic E-state index is -0.787. The number of hydrogen-bond donors (Lipinski definition) is 0. The van der Waals surface area contributed by atoms with Gasteiger partial charge in [-0.05, 0) is 89.9 Å². The first-order valence-corrected chi connectivity index (χ1v) is 28.8. The Kier molecular flexibility index (Phi) is 53.3. The van der Waals surface area contributed by atoms with E-state index >= 15 is 0 Å². The van der Waals surface area contributed by atoms with Crippen LogP contribution in [0.25, 0.3) is 0 Å². The summed E-state index contributed by atoms with van der Waals surface area (Å²) in [6, 6.07) is 0. The summed E-state index contributed by atoms with van der Waals surface area (Å²) >= 11 is 0. The molecule has 0 radical (unpaired) electrons. The van der Waals surface area contributed by atoms with Crippen LogP contribution in [0, 0.1) is 0 Å². The Bertz CT molecular complexity index is 1210. The first-order chi connectivity index (χ1) is 33.0. The lowest BCUT2D eigenvalue weighted by Gasteiger charge is -2.18. The van der Waals surface area contributed by atoms with Crippen molar-refractivity contribution >= 4 is 17.9 Å². The van der Waals surface area contributed by atoms with Crippen molar-refractivity contribution in [3.63, 3.8) is 0 Å². The SMILES string of the molecule is CC\C=C/C=C\C=C/CCCCCCCCCC(=O)OCC(COC(=O)CCCCCCC/C=C\CCCCCCCCCCC)OC(=O)CCCCCCC/C=C\CCCCCCCCC. The molecule has 1 unspecified atom stereocenters. The van der Waals surface area contributed by atoms with Crippen molar-refractivity contribution in [2.24, 2.45) is 0 Å². The first kappa shape index (κ1) is 64.1. The molecule has 0 aliphatic heterocycles. The molecule has 67 heavy (non-hydrogen) atoms. The van der Waals surface area contributed by atoms with Crippen molar-refractivity contribution in [3.05, 3.63) is 60.8 Å². The molecular formula is C61H108O6. The Hall–Kier alpha value is -2.89. The number of allylic oxidation sites excluding steroid dienone is 10. The van der Waals surface area contributed by atoms with Crippen LogP contribution in [0.15, 0.2) is 60.8 Å². The molecule has 6 heteroatoms. The van der Waals surface area contributed by atoms with Gasteiger partial charge in [-0.2, -0.15) is 0 Å². The van der Waals surface area contributed by atoms with E-state index in [1.165, 1.54) is 161 Å². The lowest BCUT2D eigenvalue weighted by molar-refractivity contribution is -0.167. The lowest BCUT2D eigenvalue weighted by atomic mass is 10.1. The van der Waals surface area contributed by atoms with E-state index < -0.39 is 6.10 Å². The van der Waals surface area contributed by atoms with Crippen molar-refractivity contribution < 1.29 is 28.6 Å². The van der Waals surface area contributed by atoms with Crippen LogP contribution in [-0.2, 0) is 28.6 Å². The van der Waals surface area contributed by atoms with Crippen molar-refractivity contribution in [1.29, 1.82) is 0 Å². The van der Waals surface area contributed by atoms with E-state index in [4.69, 9.17) is 14.2 Å². The van der Waals surface area contributed by atoms with Gasteiger partial charge >= 0.3 is 17.9 Å². The summed E-state index contributed by atoms with van der Waals surface area (Å²) in [4.78, 5) is 38.1. The number of carbonyl (C=O) groups excluding carboxylic acids is 3. The number of carbonyl (C=O) groups is 3. The predicted molar refractivity (Wildman–Crippen MR) is 288 cm³/mol. The molecule has 0 saturated carbocycles. The molecular weight excluding hydrogens is 829 g/mol. The maximum absolute atomic E-state index is 12.8. The largest absolute Gasteiger partial charge is 0.462 e. The smallest absolute Gasteiger partial charge is 0.306 e. The van der Waals surface area contributed by atoms with Crippen LogP contribution < -0.4 is 0 Å². The Morgan fingerprint density at radius 1 is 0.313 bits per heavy atom. The fourth-order valence-electron chi connectivity index (χ4n) is 8.20. The van der Waals surface area contributed by atoms with Crippen LogP contribution in [0.4, 0.5) is 0 Å². The monoisotopic (exact) mass is 937 g/mol. The zero-order valence-electron chi connectivity index (χ0n) is 44.4. The van der Waals surface area contributed by atoms with Crippen LogP contribution in [-0.4, -0.2) is 37.2 Å². The summed E-state index contributed by atoms with van der Waals surface area (Å²) in [6.45, 7) is 6.51. The maximum atomic E-state index is 12.8. The fourth-order valence-corrected chi connectivity index (χ4v) is 8.20. The quantitative estimate of drug-likeness (QED) is 0.0199. The molecule has 0 spiro atoms. The average Bonchev–Trinajstić information content (AvgIpc) is 3.33. The zero-order chi connectivity index (χ0) is 48.6. The van der Waals surface area contributed by atoms with Gasteiger partial charge in [0.25, 0.3) is 0 Å². The second-order valence-electron chi connectivity index (χ2n) is 19.2. The maximum Gasteiger partial charge on any atom is 0.306 e. The lowest BCUT2D eigenvalue weighted by Crippen LogP contribution is -2.30. The van der Waals surface area contributed by atoms with E-state index in [1.54, 1.807) is 0 Å². The average molecular weight is 938 g/mol. The van der Waals surface area contributed by atoms with Gasteiger partial charge in [0.05, 0.1) is 0 Å². The van der Waals surface area contributed by atoms with Crippen molar-refractivity contribution in [2.45, 2.75) is 297 Å². The molecule has 388 valence electrons. The Morgan fingerprint density at radius 2 is 0.597 bits per heavy atom. The number of hydrogen-bond acceptors (Lipinski definition) is 6. The van der Waals surface area contributed by atoms with Crippen molar-refractivity contribution in [3.8, 4) is 0 Å². The van der Waals surface area contributed by atoms with Gasteiger partial charge in [-0.3, -0.25) is 14.4 Å². The highest BCUT2D eigenvalue weighted by Gasteiger charge is 2.19. The predicted octanol–water partition coefficient (Wildman–Crippen LogP) is 19.2. The third kappa shape index (κ3) is 53.9. The third-order valence-corrected chi connectivity index (χ3v) is 12.5. The summed E-state index contributed by atoms with van der Waals surface area (Å²) in [7, 11) is 0. The highest BCUT2D eigenvalue weighted by atomic mass is 16.6. The second-order valence-corrected chi connectivity index (χ2v) is 19.2. The van der Waals surface area contributed by atoms with Crippen LogP contribution in [0.5, 0.6) is 0 Å². The minimum Gasteiger partial charge on any atom is -0.462 e. The van der Waals surface area contributed by atoms with E-state index in [1.807, 2.05) is 0 Å². The molecule has 0 aromatic carbocycles. The third-order valence-electron chi connectivity index (χ3n) is 12.5. The molecule has 0 aromatic heterocycles. The number of ether oxygens (including phenoxy) is 3. The summed E-state index contributed by atoms with van der Waals surface area (Å²) in [5, 5.41) is 0. The Morgan fingerprint density at radius 3 is 0.940 bits per heavy atom. The van der Waals surface area contributed by atoms with Gasteiger partial charge in [0, 0.05) is 19.3 Å². The van der Waals surface area contributed by atoms with E-state index in [0.717, 1.165) is 89.9 Å². The van der Waals surface area contributed by atoms with Gasteiger partial charge < -0.3 is 14.2 Å². The zero-order valence-corrected chi connectivity index (χ0v) is 44.4. The van der Waals surface area contributed by atoms with Crippen LogP contribution in [0.1, 0.15) is 290 Å². The standard InChI is InChI=1S/C61H108O6/c1-4-7-10-13-16-19-22-25-28-30-31-34-36-39-42-45-48-51-54-60(63)66-57-58(56-65-59(62)53-50-47-44-41-38-35-32-27-24-21-18-15-12-9-6-3)67-61(64)55-52-49-46-43-40-37-33-29-26-23-20-17-14-11-8-5-2/h9,12,15,18,21,24,29,31,33-34,58H,4-8,10-11,13-14,16-17,19-20,22-23,25-28,30,32,35-57H2,1-3H3/b12-9-,18-15-,24-21-,33-29-,34-31-. The van der Waals surface area contributed by atoms with E-state index in [0.29, 0.717) is 19.3 Å². The van der Waals surface area contributed by atoms with E-state index in [9.17, 15) is 14.4 Å². The van der Waals surface area contributed by atoms with Gasteiger partial charge in [-0.1, -0.05) is 242 Å². The molecule has 0 aromatic rings. The fraction of sp³-hybridized carbons (Fsp3) is 0.787. The van der Waals surface area contributed by atoms with Crippen LogP contribution >= 0.6 is 0 Å². The molecule has 0 saturated heterocycles. The molecule has 0 fully saturated rings. The van der Waals surface area contributed by atoms with E-state index in [2.05, 4.69) is 81.5 Å². The van der Waals surface area contributed by atoms with Gasteiger partial charge in [-0.15, -0.1) is 0 Å². The molecule has 0 aliphatic rings. The number of esters is 3. The number of unbranched alkanes of at least 4 members (excludes halogenated alkanes) is 33. The van der Waals surface area contributed by atoms with Gasteiger partial charge in [0.2, 0.25) is 0 Å². The highest BCUT2D eigenvalue weighted by molar-refractivity contribution is 5.71. The molecule has 0 rings (SSSR count). The van der Waals surface area contributed by atoms with Gasteiger partial charge in [-0.25, -0.2) is 0 Å². The minimum absolute atomic E-state index is 0.0848. The molecule has 6 nitrogen and oxygen atoms in total. The van der Waals surface area contributed by atoms with Gasteiger partial charge in [0.15, 0.2) is 6.10 Å². The van der Waals surface area contributed by atoms with Crippen molar-refractivity contribution in [2.75, 3.05) is 13.2 Å². The highest BCUT2D eigenvalue weighted by Crippen LogP contribution is 2.15. The summed E-state index contributed by atoms with van der Waals surface area (Å²) in [6.07, 6.45) is 69.2. The molecule has 0 N–H and O–H groups in total. The molecule has 1 atom stereocenters. The molecule has 0 amide bonds. The van der Waals surface area contributed by atoms with Crippen LogP contribution in [0.3, 0.4) is 0 Å². The Labute approximate surface area is 415 Å². The summed E-state index contributed by atoms with van der Waals surface area (Å²) < 4.78 is 16.9. The molecule has 0 bridgehead atoms. The second kappa shape index (κ2) is 55.7. The molecule has 0 heterocycles. The van der Waals surface area contributed by atoms with Crippen molar-refractivity contribution in [1.82, 2.24) is 0 Å². The number of rotatable bonds is 52. The van der Waals surface area contributed by atoms with Gasteiger partial charge in [0.1, 0.15) is 13.2 Å². The van der Waals surface area contributed by atoms with E-state index in [-0.39, 0.29) is 31.1 Å². The molecule has 0 aliphatic carbocycles. The Balaban J connectivity index is 4.40. The normalized spacial score (nSPS) is 12.5. The first-order valence-electron chi connectivity index (χ1n) is 28.8.